The van der Waals surface area contributed by atoms with E-state index in [0.29, 0.717) is 0 Å². The van der Waals surface area contributed by atoms with Gasteiger partial charge in [-0.1, -0.05) is 5.16 Å². The number of aromatic nitrogens is 1. The highest BCUT2D eigenvalue weighted by Gasteiger charge is 2.38. The van der Waals surface area contributed by atoms with Gasteiger partial charge in [0.15, 0.2) is 5.76 Å². The van der Waals surface area contributed by atoms with Crippen molar-refractivity contribution in [2.75, 3.05) is 20.2 Å². The van der Waals surface area contributed by atoms with Gasteiger partial charge in [-0.05, 0) is 22.9 Å². The molecule has 0 aromatic carbocycles. The van der Waals surface area contributed by atoms with E-state index in [4.69, 9.17) is 9.26 Å². The molecule has 0 unspecified atom stereocenters. The number of rotatable bonds is 3. The van der Waals surface area contributed by atoms with Crippen LogP contribution < -0.4 is 0 Å². The van der Waals surface area contributed by atoms with Crippen LogP contribution in [0.15, 0.2) is 15.2 Å². The topological polar surface area (TPSA) is 38.5 Å². The molecule has 4 nitrogen and oxygen atoms in total. The highest BCUT2D eigenvalue weighted by Crippen LogP contribution is 2.25. The maximum atomic E-state index is 5.35. The summed E-state index contributed by atoms with van der Waals surface area (Å²) in [7, 11) is 1.75. The summed E-state index contributed by atoms with van der Waals surface area (Å²) in [6.07, 6.45) is 0. The average Bonchev–Trinajstić information content (AvgIpc) is 2.48. The Hall–Kier alpha value is -0.390. The number of hydrogen-bond acceptors (Lipinski definition) is 4. The standard InChI is InChI=1S/C9H13BrN2O2/c1-9(13-2)5-12(6-9)4-7-3-8(10)11-14-7/h3H,4-6H2,1-2H3. The first kappa shape index (κ1) is 10.1. The average molecular weight is 261 g/mol. The third kappa shape index (κ3) is 1.99. The molecule has 0 radical (unpaired) electrons. The molecule has 1 aliphatic rings. The van der Waals surface area contributed by atoms with Gasteiger partial charge in [-0.25, -0.2) is 0 Å². The highest BCUT2D eigenvalue weighted by molar-refractivity contribution is 9.10. The Morgan fingerprint density at radius 3 is 2.93 bits per heavy atom. The van der Waals surface area contributed by atoms with Gasteiger partial charge in [0.05, 0.1) is 12.1 Å². The summed E-state index contributed by atoms with van der Waals surface area (Å²) in [5.41, 5.74) is 0.0251. The van der Waals surface area contributed by atoms with Gasteiger partial charge in [-0.15, -0.1) is 0 Å². The van der Waals surface area contributed by atoms with Crippen molar-refractivity contribution in [3.05, 3.63) is 16.4 Å². The summed E-state index contributed by atoms with van der Waals surface area (Å²) in [4.78, 5) is 2.26. The third-order valence-electron chi connectivity index (χ3n) is 2.52. The molecule has 1 aliphatic heterocycles. The van der Waals surface area contributed by atoms with E-state index < -0.39 is 0 Å². The van der Waals surface area contributed by atoms with Gasteiger partial charge in [-0.3, -0.25) is 4.90 Å². The lowest BCUT2D eigenvalue weighted by atomic mass is 9.96. The van der Waals surface area contributed by atoms with Crippen LogP contribution in [0, 0.1) is 0 Å². The summed E-state index contributed by atoms with van der Waals surface area (Å²) >= 11 is 3.25. The highest BCUT2D eigenvalue weighted by atomic mass is 79.9. The minimum Gasteiger partial charge on any atom is -0.376 e. The Morgan fingerprint density at radius 2 is 2.43 bits per heavy atom. The van der Waals surface area contributed by atoms with E-state index in [1.165, 1.54) is 0 Å². The Balaban J connectivity index is 1.85. The van der Waals surface area contributed by atoms with Crippen molar-refractivity contribution >= 4 is 15.9 Å². The first-order valence-corrected chi connectivity index (χ1v) is 5.29. The van der Waals surface area contributed by atoms with Crippen molar-refractivity contribution in [3.63, 3.8) is 0 Å². The number of methoxy groups -OCH3 is 1. The molecule has 1 aromatic rings. The van der Waals surface area contributed by atoms with Crippen molar-refractivity contribution in [1.29, 1.82) is 0 Å². The minimum absolute atomic E-state index is 0.0251. The number of halogens is 1. The van der Waals surface area contributed by atoms with Gasteiger partial charge in [0, 0.05) is 26.3 Å². The summed E-state index contributed by atoms with van der Waals surface area (Å²) in [6.45, 7) is 4.81. The van der Waals surface area contributed by atoms with Crippen LogP contribution in [0.3, 0.4) is 0 Å². The van der Waals surface area contributed by atoms with Crippen molar-refractivity contribution in [1.82, 2.24) is 10.1 Å². The summed E-state index contributed by atoms with van der Waals surface area (Å²) in [5, 5.41) is 3.77. The molecule has 14 heavy (non-hydrogen) atoms. The molecule has 2 rings (SSSR count). The molecule has 0 spiro atoms. The summed E-state index contributed by atoms with van der Waals surface area (Å²) in [6, 6.07) is 1.89. The van der Waals surface area contributed by atoms with Crippen LogP contribution in [0.4, 0.5) is 0 Å². The van der Waals surface area contributed by atoms with Crippen LogP contribution in [0.5, 0.6) is 0 Å². The van der Waals surface area contributed by atoms with E-state index in [1.807, 2.05) is 6.07 Å². The smallest absolute Gasteiger partial charge is 0.151 e. The molecular weight excluding hydrogens is 248 g/mol. The number of likely N-dealkylation sites (tertiary alicyclic amines) is 1. The molecule has 0 aliphatic carbocycles. The molecule has 5 heteroatoms. The second kappa shape index (κ2) is 3.64. The number of hydrogen-bond donors (Lipinski definition) is 0. The van der Waals surface area contributed by atoms with Crippen LogP contribution in [0.25, 0.3) is 0 Å². The molecule has 0 N–H and O–H groups in total. The Kier molecular flexibility index (Phi) is 2.64. The van der Waals surface area contributed by atoms with E-state index >= 15 is 0 Å². The van der Waals surface area contributed by atoms with E-state index in [-0.39, 0.29) is 5.60 Å². The summed E-state index contributed by atoms with van der Waals surface area (Å²) in [5.74, 6) is 0.884. The summed E-state index contributed by atoms with van der Waals surface area (Å²) < 4.78 is 11.2. The molecule has 0 saturated carbocycles. The van der Waals surface area contributed by atoms with E-state index in [2.05, 4.69) is 32.9 Å². The number of ether oxygens (including phenoxy) is 1. The lowest BCUT2D eigenvalue weighted by Crippen LogP contribution is -2.60. The fourth-order valence-electron chi connectivity index (χ4n) is 1.72. The monoisotopic (exact) mass is 260 g/mol. The Bertz CT molecular complexity index is 320. The first-order valence-electron chi connectivity index (χ1n) is 4.50. The zero-order valence-corrected chi connectivity index (χ0v) is 9.87. The maximum absolute atomic E-state index is 5.35. The lowest BCUT2D eigenvalue weighted by molar-refractivity contribution is -0.116. The molecular formula is C9H13BrN2O2. The SMILES string of the molecule is COC1(C)CN(Cc2cc(Br)no2)C1. The predicted molar refractivity (Wildman–Crippen MR) is 54.9 cm³/mol. The normalized spacial score (nSPS) is 20.8. The van der Waals surface area contributed by atoms with Crippen LogP contribution in [-0.2, 0) is 11.3 Å². The van der Waals surface area contributed by atoms with E-state index in [1.54, 1.807) is 7.11 Å². The molecule has 0 atom stereocenters. The van der Waals surface area contributed by atoms with Crippen molar-refractivity contribution in [2.24, 2.45) is 0 Å². The molecule has 78 valence electrons. The van der Waals surface area contributed by atoms with Crippen LogP contribution in [0.1, 0.15) is 12.7 Å². The second-order valence-electron chi connectivity index (χ2n) is 3.92. The van der Waals surface area contributed by atoms with Gasteiger partial charge in [0.1, 0.15) is 4.60 Å². The van der Waals surface area contributed by atoms with Crippen LogP contribution in [-0.4, -0.2) is 35.9 Å². The zero-order valence-electron chi connectivity index (χ0n) is 8.29. The Morgan fingerprint density at radius 1 is 1.71 bits per heavy atom. The first-order chi connectivity index (χ1) is 6.61. The molecule has 1 saturated heterocycles. The fraction of sp³-hybridized carbons (Fsp3) is 0.667. The molecule has 1 aromatic heterocycles. The maximum Gasteiger partial charge on any atom is 0.151 e. The van der Waals surface area contributed by atoms with E-state index in [0.717, 1.165) is 30.0 Å². The van der Waals surface area contributed by atoms with Gasteiger partial charge in [0.2, 0.25) is 0 Å². The second-order valence-corrected chi connectivity index (χ2v) is 4.73. The van der Waals surface area contributed by atoms with Crippen LogP contribution in [0.2, 0.25) is 0 Å². The lowest BCUT2D eigenvalue weighted by Gasteiger charge is -2.46. The van der Waals surface area contributed by atoms with E-state index in [9.17, 15) is 0 Å². The largest absolute Gasteiger partial charge is 0.376 e. The van der Waals surface area contributed by atoms with Crippen molar-refractivity contribution < 1.29 is 9.26 Å². The van der Waals surface area contributed by atoms with Crippen molar-refractivity contribution in [3.8, 4) is 0 Å². The van der Waals surface area contributed by atoms with Gasteiger partial charge < -0.3 is 9.26 Å². The van der Waals surface area contributed by atoms with Gasteiger partial charge in [0.25, 0.3) is 0 Å². The quantitative estimate of drug-likeness (QED) is 0.829. The molecule has 0 amide bonds. The molecule has 0 bridgehead atoms. The van der Waals surface area contributed by atoms with Crippen molar-refractivity contribution in [2.45, 2.75) is 19.1 Å². The predicted octanol–water partition coefficient (Wildman–Crippen LogP) is 1.66. The van der Waals surface area contributed by atoms with Gasteiger partial charge in [-0.2, -0.15) is 0 Å². The number of nitrogens with zero attached hydrogens (tertiary/aromatic N) is 2. The Labute approximate surface area is 91.3 Å². The van der Waals surface area contributed by atoms with Gasteiger partial charge >= 0.3 is 0 Å². The molecule has 2 heterocycles. The third-order valence-corrected chi connectivity index (χ3v) is 2.89. The molecule has 1 fully saturated rings. The van der Waals surface area contributed by atoms with Crippen LogP contribution >= 0.6 is 15.9 Å². The fourth-order valence-corrected chi connectivity index (χ4v) is 2.05. The minimum atomic E-state index is 0.0251. The zero-order chi connectivity index (χ0) is 10.2.